The Morgan fingerprint density at radius 2 is 2.17 bits per heavy atom. The van der Waals surface area contributed by atoms with Gasteiger partial charge >= 0.3 is 0 Å². The summed E-state index contributed by atoms with van der Waals surface area (Å²) >= 11 is 0. The number of amides is 1. The van der Waals surface area contributed by atoms with Crippen molar-refractivity contribution in [2.24, 2.45) is 0 Å². The van der Waals surface area contributed by atoms with Crippen LogP contribution in [-0.2, 0) is 9.53 Å². The first-order chi connectivity index (χ1) is 11.7. The van der Waals surface area contributed by atoms with E-state index >= 15 is 0 Å². The van der Waals surface area contributed by atoms with Crippen LogP contribution >= 0.6 is 0 Å². The number of aryl methyl sites for hydroxylation is 1. The highest BCUT2D eigenvalue weighted by Gasteiger charge is 2.31. The number of benzene rings is 1. The molecule has 2 aromatic rings. The second-order valence-corrected chi connectivity index (χ2v) is 6.32. The van der Waals surface area contributed by atoms with E-state index in [1.165, 1.54) is 0 Å². The molecule has 5 heteroatoms. The molecular formula is C19H25N3O2. The molecule has 1 aromatic heterocycles. The van der Waals surface area contributed by atoms with Crippen LogP contribution in [0.1, 0.15) is 43.0 Å². The SMILES string of the molecule is CCO[C@@H](C(=O)N1CCC[C@@H](n2cc(C)cn2)C1)c1ccccc1. The van der Waals surface area contributed by atoms with Crippen molar-refractivity contribution in [2.45, 2.75) is 38.8 Å². The van der Waals surface area contributed by atoms with Crippen LogP contribution in [0.3, 0.4) is 0 Å². The molecule has 128 valence electrons. The normalized spacial score (nSPS) is 19.2. The van der Waals surface area contributed by atoms with Gasteiger partial charge in [0.25, 0.3) is 5.91 Å². The average Bonchev–Trinajstić information content (AvgIpc) is 3.06. The highest BCUT2D eigenvalue weighted by atomic mass is 16.5. The van der Waals surface area contributed by atoms with Gasteiger partial charge in [0.05, 0.1) is 12.2 Å². The van der Waals surface area contributed by atoms with E-state index in [1.807, 2.05) is 60.0 Å². The van der Waals surface area contributed by atoms with Crippen molar-refractivity contribution in [3.63, 3.8) is 0 Å². The smallest absolute Gasteiger partial charge is 0.256 e. The topological polar surface area (TPSA) is 47.4 Å². The largest absolute Gasteiger partial charge is 0.364 e. The zero-order valence-corrected chi connectivity index (χ0v) is 14.4. The second-order valence-electron chi connectivity index (χ2n) is 6.32. The minimum Gasteiger partial charge on any atom is -0.364 e. The van der Waals surface area contributed by atoms with Crippen LogP contribution in [0.4, 0.5) is 0 Å². The number of likely N-dealkylation sites (tertiary alicyclic amines) is 1. The lowest BCUT2D eigenvalue weighted by Gasteiger charge is -2.35. The van der Waals surface area contributed by atoms with Gasteiger partial charge in [-0.2, -0.15) is 5.10 Å². The van der Waals surface area contributed by atoms with Gasteiger partial charge in [0, 0.05) is 25.9 Å². The van der Waals surface area contributed by atoms with E-state index in [2.05, 4.69) is 11.3 Å². The Morgan fingerprint density at radius 3 is 2.83 bits per heavy atom. The molecule has 24 heavy (non-hydrogen) atoms. The van der Waals surface area contributed by atoms with E-state index in [4.69, 9.17) is 4.74 Å². The van der Waals surface area contributed by atoms with Crippen LogP contribution in [0.25, 0.3) is 0 Å². The predicted molar refractivity (Wildman–Crippen MR) is 92.6 cm³/mol. The highest BCUT2D eigenvalue weighted by molar-refractivity contribution is 5.82. The maximum absolute atomic E-state index is 13.0. The molecule has 3 rings (SSSR count). The van der Waals surface area contributed by atoms with Crippen molar-refractivity contribution >= 4 is 5.91 Å². The summed E-state index contributed by atoms with van der Waals surface area (Å²) in [5.74, 6) is 0.0524. The van der Waals surface area contributed by atoms with Crippen LogP contribution < -0.4 is 0 Å². The molecule has 0 N–H and O–H groups in total. The van der Waals surface area contributed by atoms with E-state index in [1.54, 1.807) is 0 Å². The maximum Gasteiger partial charge on any atom is 0.256 e. The Bertz CT molecular complexity index is 668. The molecule has 0 bridgehead atoms. The lowest BCUT2D eigenvalue weighted by atomic mass is 10.0. The van der Waals surface area contributed by atoms with E-state index in [-0.39, 0.29) is 11.9 Å². The quantitative estimate of drug-likeness (QED) is 0.847. The zero-order valence-electron chi connectivity index (χ0n) is 14.4. The molecule has 5 nitrogen and oxygen atoms in total. The molecule has 1 aliphatic heterocycles. The Morgan fingerprint density at radius 1 is 1.38 bits per heavy atom. The number of rotatable bonds is 5. The number of hydrogen-bond acceptors (Lipinski definition) is 3. The Balaban J connectivity index is 1.74. The molecule has 0 aliphatic carbocycles. The third-order valence-electron chi connectivity index (χ3n) is 4.47. The highest BCUT2D eigenvalue weighted by Crippen LogP contribution is 2.26. The summed E-state index contributed by atoms with van der Waals surface area (Å²) < 4.78 is 7.77. The summed E-state index contributed by atoms with van der Waals surface area (Å²) in [5, 5.41) is 4.42. The second kappa shape index (κ2) is 7.62. The minimum absolute atomic E-state index is 0.0524. The van der Waals surface area contributed by atoms with Gasteiger partial charge in [0.15, 0.2) is 6.10 Å². The van der Waals surface area contributed by atoms with Gasteiger partial charge in [0.2, 0.25) is 0 Å². The van der Waals surface area contributed by atoms with Crippen molar-refractivity contribution in [3.05, 3.63) is 53.9 Å². The van der Waals surface area contributed by atoms with Crippen molar-refractivity contribution < 1.29 is 9.53 Å². The first-order valence-corrected chi connectivity index (χ1v) is 8.65. The number of hydrogen-bond donors (Lipinski definition) is 0. The first-order valence-electron chi connectivity index (χ1n) is 8.65. The molecule has 2 atom stereocenters. The van der Waals surface area contributed by atoms with Crippen LogP contribution in [0.15, 0.2) is 42.7 Å². The molecule has 1 amide bonds. The molecule has 1 aromatic carbocycles. The average molecular weight is 327 g/mol. The number of carbonyl (C=O) groups excluding carboxylic acids is 1. The summed E-state index contributed by atoms with van der Waals surface area (Å²) in [4.78, 5) is 15.0. The molecular weight excluding hydrogens is 302 g/mol. The van der Waals surface area contributed by atoms with Gasteiger partial charge in [0.1, 0.15) is 0 Å². The lowest BCUT2D eigenvalue weighted by molar-refractivity contribution is -0.145. The van der Waals surface area contributed by atoms with Crippen LogP contribution in [-0.4, -0.2) is 40.3 Å². The number of carbonyl (C=O) groups is 1. The van der Waals surface area contributed by atoms with Crippen molar-refractivity contribution in [3.8, 4) is 0 Å². The maximum atomic E-state index is 13.0. The predicted octanol–water partition coefficient (Wildman–Crippen LogP) is 3.13. The lowest BCUT2D eigenvalue weighted by Crippen LogP contribution is -2.43. The van der Waals surface area contributed by atoms with Crippen molar-refractivity contribution in [1.29, 1.82) is 0 Å². The van der Waals surface area contributed by atoms with Crippen molar-refractivity contribution in [1.82, 2.24) is 14.7 Å². The van der Waals surface area contributed by atoms with Crippen LogP contribution in [0.2, 0.25) is 0 Å². The molecule has 0 saturated carbocycles. The summed E-state index contributed by atoms with van der Waals surface area (Å²) in [6, 6.07) is 10.00. The van der Waals surface area contributed by atoms with Gasteiger partial charge in [-0.1, -0.05) is 30.3 Å². The molecule has 1 aliphatic rings. The fraction of sp³-hybridized carbons (Fsp3) is 0.474. The van der Waals surface area contributed by atoms with E-state index in [0.717, 1.165) is 30.5 Å². The van der Waals surface area contributed by atoms with E-state index < -0.39 is 6.10 Å². The zero-order chi connectivity index (χ0) is 16.9. The summed E-state index contributed by atoms with van der Waals surface area (Å²) in [5.41, 5.74) is 2.07. The fourth-order valence-electron chi connectivity index (χ4n) is 3.27. The summed E-state index contributed by atoms with van der Waals surface area (Å²) in [7, 11) is 0. The third-order valence-corrected chi connectivity index (χ3v) is 4.47. The minimum atomic E-state index is -0.519. The molecule has 1 saturated heterocycles. The Kier molecular flexibility index (Phi) is 5.30. The molecule has 0 radical (unpaired) electrons. The van der Waals surface area contributed by atoms with Crippen molar-refractivity contribution in [2.75, 3.05) is 19.7 Å². The van der Waals surface area contributed by atoms with Gasteiger partial charge < -0.3 is 9.64 Å². The number of ether oxygens (including phenoxy) is 1. The van der Waals surface area contributed by atoms with Gasteiger partial charge in [-0.25, -0.2) is 0 Å². The van der Waals surface area contributed by atoms with Gasteiger partial charge in [-0.15, -0.1) is 0 Å². The van der Waals surface area contributed by atoms with Crippen LogP contribution in [0, 0.1) is 6.92 Å². The van der Waals surface area contributed by atoms with Gasteiger partial charge in [-0.3, -0.25) is 9.48 Å². The Hall–Kier alpha value is -2.14. The van der Waals surface area contributed by atoms with Crippen LogP contribution in [0.5, 0.6) is 0 Å². The van der Waals surface area contributed by atoms with E-state index in [0.29, 0.717) is 13.2 Å². The summed E-state index contributed by atoms with van der Waals surface area (Å²) in [6.45, 7) is 5.95. The monoisotopic (exact) mass is 327 g/mol. The third kappa shape index (κ3) is 3.67. The summed E-state index contributed by atoms with van der Waals surface area (Å²) in [6.07, 6.45) is 5.44. The number of aromatic nitrogens is 2. The fourth-order valence-corrected chi connectivity index (χ4v) is 3.27. The molecule has 2 heterocycles. The van der Waals surface area contributed by atoms with E-state index in [9.17, 15) is 4.79 Å². The molecule has 0 spiro atoms. The molecule has 0 unspecified atom stereocenters. The molecule has 1 fully saturated rings. The number of nitrogens with zero attached hydrogens (tertiary/aromatic N) is 3. The Labute approximate surface area is 143 Å². The number of piperidine rings is 1. The van der Waals surface area contributed by atoms with Gasteiger partial charge in [-0.05, 0) is 37.8 Å². The first kappa shape index (κ1) is 16.7. The standard InChI is InChI=1S/C19H25N3O2/c1-3-24-18(16-8-5-4-6-9-16)19(23)21-11-7-10-17(14-21)22-13-15(2)12-20-22/h4-6,8-9,12-13,17-18H,3,7,10-11,14H2,1-2H3/t17-,18-/m1/s1.